The number of esters is 1. The minimum atomic E-state index is -0.571. The van der Waals surface area contributed by atoms with Crippen molar-refractivity contribution in [3.63, 3.8) is 0 Å². The molecule has 3 aromatic rings. The van der Waals surface area contributed by atoms with Crippen molar-refractivity contribution < 1.29 is 28.5 Å². The molecule has 0 radical (unpaired) electrons. The molecule has 162 valence electrons. The lowest BCUT2D eigenvalue weighted by atomic mass is 10.2. The van der Waals surface area contributed by atoms with Gasteiger partial charge in [-0.25, -0.2) is 9.78 Å². The Hall–Kier alpha value is -3.59. The SMILES string of the molecule is COc1ccccc1N(C(C)=O)c1nc(COC(=O)c2cccc(OC)c2OC)cs1. The molecule has 0 aliphatic carbocycles. The van der Waals surface area contributed by atoms with Gasteiger partial charge < -0.3 is 18.9 Å². The lowest BCUT2D eigenvalue weighted by molar-refractivity contribution is -0.115. The minimum Gasteiger partial charge on any atom is -0.495 e. The van der Waals surface area contributed by atoms with E-state index in [-0.39, 0.29) is 18.1 Å². The molecule has 0 unspecified atom stereocenters. The van der Waals surface area contributed by atoms with Crippen molar-refractivity contribution >= 4 is 34.0 Å². The molecule has 8 nitrogen and oxygen atoms in total. The maximum Gasteiger partial charge on any atom is 0.342 e. The number of aromatic nitrogens is 1. The number of nitrogens with zero attached hydrogens (tertiary/aromatic N) is 2. The number of amides is 1. The molecule has 0 saturated carbocycles. The Balaban J connectivity index is 1.78. The summed E-state index contributed by atoms with van der Waals surface area (Å²) in [6.45, 7) is 1.38. The zero-order chi connectivity index (χ0) is 22.4. The van der Waals surface area contributed by atoms with Gasteiger partial charge in [-0.15, -0.1) is 11.3 Å². The lowest BCUT2D eigenvalue weighted by Gasteiger charge is -2.20. The molecule has 2 aromatic carbocycles. The second-order valence-electron chi connectivity index (χ2n) is 6.26. The topological polar surface area (TPSA) is 87.2 Å². The summed E-state index contributed by atoms with van der Waals surface area (Å²) in [5.41, 5.74) is 1.34. The molecule has 0 saturated heterocycles. The normalized spacial score (nSPS) is 10.3. The molecule has 0 aliphatic heterocycles. The van der Waals surface area contributed by atoms with Crippen LogP contribution >= 0.6 is 11.3 Å². The predicted octanol–water partition coefficient (Wildman–Crippen LogP) is 4.21. The summed E-state index contributed by atoms with van der Waals surface area (Å²) < 4.78 is 21.3. The van der Waals surface area contributed by atoms with Crippen molar-refractivity contribution in [2.75, 3.05) is 26.2 Å². The highest BCUT2D eigenvalue weighted by Crippen LogP contribution is 2.36. The quantitative estimate of drug-likeness (QED) is 0.483. The highest BCUT2D eigenvalue weighted by atomic mass is 32.1. The number of anilines is 2. The number of hydrogen-bond acceptors (Lipinski definition) is 8. The first-order valence-electron chi connectivity index (χ1n) is 9.26. The van der Waals surface area contributed by atoms with E-state index in [1.54, 1.807) is 35.7 Å². The van der Waals surface area contributed by atoms with E-state index in [2.05, 4.69) is 4.98 Å². The van der Waals surface area contributed by atoms with Crippen LogP contribution in [0.1, 0.15) is 23.0 Å². The molecule has 0 N–H and O–H groups in total. The number of benzene rings is 2. The number of ether oxygens (including phenoxy) is 4. The molecule has 1 amide bonds. The Morgan fingerprint density at radius 3 is 2.35 bits per heavy atom. The van der Waals surface area contributed by atoms with Crippen LogP contribution in [0.2, 0.25) is 0 Å². The van der Waals surface area contributed by atoms with Crippen molar-refractivity contribution in [1.82, 2.24) is 4.98 Å². The van der Waals surface area contributed by atoms with E-state index in [9.17, 15) is 9.59 Å². The number of carbonyl (C=O) groups excluding carboxylic acids is 2. The van der Waals surface area contributed by atoms with Crippen molar-refractivity contribution in [3.8, 4) is 17.2 Å². The summed E-state index contributed by atoms with van der Waals surface area (Å²) in [5.74, 6) is 0.489. The largest absolute Gasteiger partial charge is 0.495 e. The van der Waals surface area contributed by atoms with Gasteiger partial charge in [0.1, 0.15) is 17.9 Å². The summed E-state index contributed by atoms with van der Waals surface area (Å²) in [5, 5.41) is 2.18. The molecule has 31 heavy (non-hydrogen) atoms. The molecule has 0 aliphatic rings. The molecule has 0 spiro atoms. The highest BCUT2D eigenvalue weighted by molar-refractivity contribution is 7.14. The number of methoxy groups -OCH3 is 3. The Morgan fingerprint density at radius 2 is 1.68 bits per heavy atom. The zero-order valence-electron chi connectivity index (χ0n) is 17.6. The van der Waals surface area contributed by atoms with E-state index in [4.69, 9.17) is 18.9 Å². The number of para-hydroxylation sites is 3. The monoisotopic (exact) mass is 442 g/mol. The Kier molecular flexibility index (Phi) is 7.09. The molecule has 1 aromatic heterocycles. The summed E-state index contributed by atoms with van der Waals surface area (Å²) in [6.07, 6.45) is 0. The first kappa shape index (κ1) is 22.1. The van der Waals surface area contributed by atoms with Gasteiger partial charge in [-0.2, -0.15) is 0 Å². The fraction of sp³-hybridized carbons (Fsp3) is 0.227. The molecule has 0 bridgehead atoms. The first-order valence-corrected chi connectivity index (χ1v) is 10.1. The fourth-order valence-electron chi connectivity index (χ4n) is 2.95. The number of rotatable bonds is 8. The van der Waals surface area contributed by atoms with E-state index in [1.165, 1.54) is 44.5 Å². The summed E-state index contributed by atoms with van der Waals surface area (Å²) >= 11 is 1.26. The molecule has 0 fully saturated rings. The van der Waals surface area contributed by atoms with Gasteiger partial charge in [-0.1, -0.05) is 18.2 Å². The van der Waals surface area contributed by atoms with Crippen LogP contribution in [-0.2, 0) is 16.1 Å². The van der Waals surface area contributed by atoms with Crippen LogP contribution in [0.5, 0.6) is 17.2 Å². The van der Waals surface area contributed by atoms with Gasteiger partial charge in [0.2, 0.25) is 5.91 Å². The fourth-order valence-corrected chi connectivity index (χ4v) is 3.82. The van der Waals surface area contributed by atoms with Crippen LogP contribution in [0, 0.1) is 0 Å². The van der Waals surface area contributed by atoms with E-state index in [0.717, 1.165) is 0 Å². The third-order valence-electron chi connectivity index (χ3n) is 4.35. The van der Waals surface area contributed by atoms with Crippen molar-refractivity contribution in [1.29, 1.82) is 0 Å². The first-order chi connectivity index (χ1) is 15.0. The van der Waals surface area contributed by atoms with E-state index >= 15 is 0 Å². The average Bonchev–Trinajstić information content (AvgIpc) is 3.25. The van der Waals surface area contributed by atoms with E-state index < -0.39 is 5.97 Å². The highest BCUT2D eigenvalue weighted by Gasteiger charge is 2.22. The van der Waals surface area contributed by atoms with Gasteiger partial charge >= 0.3 is 5.97 Å². The maximum absolute atomic E-state index is 12.6. The van der Waals surface area contributed by atoms with Gasteiger partial charge in [0, 0.05) is 12.3 Å². The summed E-state index contributed by atoms with van der Waals surface area (Å²) in [6, 6.07) is 12.1. The van der Waals surface area contributed by atoms with Crippen molar-refractivity contribution in [3.05, 3.63) is 59.1 Å². The number of hydrogen-bond donors (Lipinski definition) is 0. The van der Waals surface area contributed by atoms with Crippen LogP contribution < -0.4 is 19.1 Å². The van der Waals surface area contributed by atoms with Crippen LogP contribution in [0.3, 0.4) is 0 Å². The van der Waals surface area contributed by atoms with Crippen LogP contribution in [0.15, 0.2) is 47.8 Å². The third kappa shape index (κ3) is 4.77. The second kappa shape index (κ2) is 9.94. The molecule has 0 atom stereocenters. The smallest absolute Gasteiger partial charge is 0.342 e. The molecule has 1 heterocycles. The summed E-state index contributed by atoms with van der Waals surface area (Å²) in [4.78, 5) is 30.8. The van der Waals surface area contributed by atoms with Crippen LogP contribution in [0.4, 0.5) is 10.8 Å². The summed E-state index contributed by atoms with van der Waals surface area (Å²) in [7, 11) is 4.48. The van der Waals surface area contributed by atoms with Crippen LogP contribution in [-0.4, -0.2) is 38.2 Å². The molecular weight excluding hydrogens is 420 g/mol. The van der Waals surface area contributed by atoms with Gasteiger partial charge in [0.05, 0.1) is 32.7 Å². The van der Waals surface area contributed by atoms with Gasteiger partial charge in [0.25, 0.3) is 0 Å². The zero-order valence-corrected chi connectivity index (χ0v) is 18.4. The average molecular weight is 442 g/mol. The second-order valence-corrected chi connectivity index (χ2v) is 7.10. The Morgan fingerprint density at radius 1 is 0.968 bits per heavy atom. The number of thiazole rings is 1. The van der Waals surface area contributed by atoms with Gasteiger partial charge in [-0.05, 0) is 24.3 Å². The lowest BCUT2D eigenvalue weighted by Crippen LogP contribution is -2.23. The third-order valence-corrected chi connectivity index (χ3v) is 5.22. The minimum absolute atomic E-state index is 0.0621. The Labute approximate surface area is 183 Å². The van der Waals surface area contributed by atoms with Crippen molar-refractivity contribution in [2.45, 2.75) is 13.5 Å². The maximum atomic E-state index is 12.6. The van der Waals surface area contributed by atoms with E-state index in [1.807, 2.05) is 12.1 Å². The van der Waals surface area contributed by atoms with Gasteiger partial charge in [-0.3, -0.25) is 9.69 Å². The standard InChI is InChI=1S/C22H22N2O6S/c1-14(25)24(17-9-5-6-10-18(17)27-2)22-23-15(13-31-22)12-30-21(26)16-8-7-11-19(28-3)20(16)29-4/h5-11,13H,12H2,1-4H3. The Bertz CT molecular complexity index is 1080. The predicted molar refractivity (Wildman–Crippen MR) is 117 cm³/mol. The molecule has 3 rings (SSSR count). The molecular formula is C22H22N2O6S. The molecule has 9 heteroatoms. The van der Waals surface area contributed by atoms with E-state index in [0.29, 0.717) is 33.8 Å². The number of carbonyl (C=O) groups is 2. The van der Waals surface area contributed by atoms with Gasteiger partial charge in [0.15, 0.2) is 16.6 Å². The van der Waals surface area contributed by atoms with Crippen LogP contribution in [0.25, 0.3) is 0 Å². The van der Waals surface area contributed by atoms with Crippen molar-refractivity contribution in [2.24, 2.45) is 0 Å².